The van der Waals surface area contributed by atoms with E-state index in [0.717, 1.165) is 41.1 Å². The summed E-state index contributed by atoms with van der Waals surface area (Å²) in [6.07, 6.45) is 4.38. The number of rotatable bonds is 11. The fourth-order valence-electron chi connectivity index (χ4n) is 5.15. The third kappa shape index (κ3) is 7.23. The summed E-state index contributed by atoms with van der Waals surface area (Å²) in [7, 11) is -4.10. The Hall–Kier alpha value is -3.36. The van der Waals surface area contributed by atoms with Gasteiger partial charge in [-0.1, -0.05) is 79.4 Å². The van der Waals surface area contributed by atoms with Crippen LogP contribution in [0.25, 0.3) is 0 Å². The van der Waals surface area contributed by atoms with E-state index >= 15 is 0 Å². The van der Waals surface area contributed by atoms with E-state index in [1.54, 1.807) is 42.5 Å². The third-order valence-corrected chi connectivity index (χ3v) is 9.29. The summed E-state index contributed by atoms with van der Waals surface area (Å²) < 4.78 is 28.7. The van der Waals surface area contributed by atoms with Crippen molar-refractivity contribution in [2.75, 3.05) is 10.8 Å². The lowest BCUT2D eigenvalue weighted by atomic mass is 10.1. The molecule has 3 aromatic rings. The molecule has 0 heterocycles. The molecule has 3 aromatic carbocycles. The predicted molar refractivity (Wildman–Crippen MR) is 159 cm³/mol. The quantitative estimate of drug-likeness (QED) is 0.314. The maximum Gasteiger partial charge on any atom is 0.264 e. The first-order valence-corrected chi connectivity index (χ1v) is 15.5. The summed E-state index contributed by atoms with van der Waals surface area (Å²) in [4.78, 5) is 29.2. The zero-order chi connectivity index (χ0) is 28.7. The Morgan fingerprint density at radius 3 is 2.27 bits per heavy atom. The molecule has 1 N–H and O–H groups in total. The van der Waals surface area contributed by atoms with Crippen molar-refractivity contribution in [1.29, 1.82) is 0 Å². The van der Waals surface area contributed by atoms with Crippen LogP contribution in [-0.4, -0.2) is 43.8 Å². The summed E-state index contributed by atoms with van der Waals surface area (Å²) in [5.74, 6) is -0.677. The molecule has 2 amide bonds. The molecule has 40 heavy (non-hydrogen) atoms. The van der Waals surface area contributed by atoms with Crippen LogP contribution in [-0.2, 0) is 26.2 Å². The molecule has 0 bridgehead atoms. The highest BCUT2D eigenvalue weighted by molar-refractivity contribution is 7.92. The molecular formula is C31H36ClN3O4S. The molecule has 1 aliphatic carbocycles. The first-order valence-electron chi connectivity index (χ1n) is 13.7. The van der Waals surface area contributed by atoms with E-state index in [4.69, 9.17) is 11.6 Å². The van der Waals surface area contributed by atoms with Gasteiger partial charge in [0, 0.05) is 17.6 Å². The topological polar surface area (TPSA) is 86.8 Å². The van der Waals surface area contributed by atoms with Crippen molar-refractivity contribution in [1.82, 2.24) is 10.2 Å². The SMILES string of the molecule is CCC(C(=O)NC1CCCC1)N(Cc1cccc(C)c1)C(=O)CN(c1ccc(Cl)cc1)S(=O)(=O)c1ccccc1. The standard InChI is InChI=1S/C31H36ClN3O4S/c1-3-29(31(37)33-26-12-7-8-13-26)34(21-24-11-9-10-23(2)20-24)30(36)22-35(27-18-16-25(32)17-19-27)40(38,39)28-14-5-4-6-15-28/h4-6,9-11,14-20,26,29H,3,7-8,12-13,21-22H2,1-2H3,(H,33,37). The number of hydrogen-bond acceptors (Lipinski definition) is 4. The highest BCUT2D eigenvalue weighted by atomic mass is 35.5. The molecule has 9 heteroatoms. The van der Waals surface area contributed by atoms with E-state index in [9.17, 15) is 18.0 Å². The molecule has 4 rings (SSSR count). The van der Waals surface area contributed by atoms with E-state index in [-0.39, 0.29) is 23.4 Å². The van der Waals surface area contributed by atoms with Gasteiger partial charge >= 0.3 is 0 Å². The fraction of sp³-hybridized carbons (Fsp3) is 0.355. The minimum absolute atomic E-state index is 0.0639. The normalized spacial score (nSPS) is 14.5. The van der Waals surface area contributed by atoms with Crippen molar-refractivity contribution in [2.45, 2.75) is 69.5 Å². The van der Waals surface area contributed by atoms with Crippen molar-refractivity contribution in [3.8, 4) is 0 Å². The Bertz CT molecular complexity index is 1410. The Morgan fingerprint density at radius 2 is 1.65 bits per heavy atom. The van der Waals surface area contributed by atoms with Crippen molar-refractivity contribution < 1.29 is 18.0 Å². The second kappa shape index (κ2) is 13.3. The third-order valence-electron chi connectivity index (χ3n) is 7.25. The number of aryl methyl sites for hydroxylation is 1. The maximum absolute atomic E-state index is 14.1. The minimum atomic E-state index is -4.10. The number of amides is 2. The van der Waals surface area contributed by atoms with Gasteiger partial charge in [-0.05, 0) is 68.1 Å². The highest BCUT2D eigenvalue weighted by Crippen LogP contribution is 2.26. The molecule has 212 valence electrons. The van der Waals surface area contributed by atoms with Crippen molar-refractivity contribution in [2.24, 2.45) is 0 Å². The lowest BCUT2D eigenvalue weighted by molar-refractivity contribution is -0.140. The van der Waals surface area contributed by atoms with Crippen LogP contribution in [0.1, 0.15) is 50.2 Å². The van der Waals surface area contributed by atoms with Gasteiger partial charge in [0.25, 0.3) is 10.0 Å². The molecular weight excluding hydrogens is 546 g/mol. The molecule has 1 fully saturated rings. The smallest absolute Gasteiger partial charge is 0.264 e. The lowest BCUT2D eigenvalue weighted by Gasteiger charge is -2.34. The van der Waals surface area contributed by atoms with Gasteiger partial charge in [-0.25, -0.2) is 8.42 Å². The van der Waals surface area contributed by atoms with Gasteiger partial charge in [0.15, 0.2) is 0 Å². The molecule has 0 radical (unpaired) electrons. The van der Waals surface area contributed by atoms with Crippen LogP contribution in [0.3, 0.4) is 0 Å². The number of benzene rings is 3. The van der Waals surface area contributed by atoms with Crippen molar-refractivity contribution in [3.63, 3.8) is 0 Å². The van der Waals surface area contributed by atoms with E-state index < -0.39 is 28.5 Å². The highest BCUT2D eigenvalue weighted by Gasteiger charge is 2.34. The monoisotopic (exact) mass is 581 g/mol. The number of nitrogens with one attached hydrogen (secondary N) is 1. The minimum Gasteiger partial charge on any atom is -0.352 e. The number of sulfonamides is 1. The van der Waals surface area contributed by atoms with Crippen LogP contribution in [0.5, 0.6) is 0 Å². The van der Waals surface area contributed by atoms with Crippen molar-refractivity contribution >= 4 is 39.1 Å². The van der Waals surface area contributed by atoms with Gasteiger partial charge in [0.05, 0.1) is 10.6 Å². The van der Waals surface area contributed by atoms with Crippen LogP contribution in [0.2, 0.25) is 5.02 Å². The van der Waals surface area contributed by atoms with E-state index in [0.29, 0.717) is 17.1 Å². The van der Waals surface area contributed by atoms with Crippen LogP contribution >= 0.6 is 11.6 Å². The molecule has 1 saturated carbocycles. The number of hydrogen-bond donors (Lipinski definition) is 1. The van der Waals surface area contributed by atoms with E-state index in [2.05, 4.69) is 5.32 Å². The van der Waals surface area contributed by atoms with E-state index in [1.807, 2.05) is 38.1 Å². The largest absolute Gasteiger partial charge is 0.352 e. The van der Waals surface area contributed by atoms with E-state index in [1.165, 1.54) is 17.0 Å². The Labute approximate surface area is 242 Å². The van der Waals surface area contributed by atoms with Crippen LogP contribution < -0.4 is 9.62 Å². The number of halogens is 1. The number of carbonyl (C=O) groups is 2. The van der Waals surface area contributed by atoms with Crippen molar-refractivity contribution in [3.05, 3.63) is 95.0 Å². The van der Waals surface area contributed by atoms with Gasteiger partial charge in [-0.15, -0.1) is 0 Å². The van der Waals surface area contributed by atoms with Crippen LogP contribution in [0.15, 0.2) is 83.8 Å². The van der Waals surface area contributed by atoms with Crippen LogP contribution in [0, 0.1) is 6.92 Å². The van der Waals surface area contributed by atoms with Crippen LogP contribution in [0.4, 0.5) is 5.69 Å². The van der Waals surface area contributed by atoms with Gasteiger partial charge in [0.1, 0.15) is 12.6 Å². The second-order valence-electron chi connectivity index (χ2n) is 10.2. The number of anilines is 1. The summed E-state index contributed by atoms with van der Waals surface area (Å²) in [5.41, 5.74) is 2.20. The summed E-state index contributed by atoms with van der Waals surface area (Å²) >= 11 is 6.08. The average molecular weight is 582 g/mol. The second-order valence-corrected chi connectivity index (χ2v) is 12.5. The molecule has 0 spiro atoms. The number of carbonyl (C=O) groups excluding carboxylic acids is 2. The molecule has 7 nitrogen and oxygen atoms in total. The first kappa shape index (κ1) is 29.6. The summed E-state index contributed by atoms with van der Waals surface area (Å²) in [6, 6.07) is 21.4. The fourth-order valence-corrected chi connectivity index (χ4v) is 6.71. The van der Waals surface area contributed by atoms with Gasteiger partial charge in [-0.2, -0.15) is 0 Å². The van der Waals surface area contributed by atoms with Gasteiger partial charge in [0.2, 0.25) is 11.8 Å². The molecule has 0 saturated heterocycles. The predicted octanol–water partition coefficient (Wildman–Crippen LogP) is 5.71. The van der Waals surface area contributed by atoms with Gasteiger partial charge in [-0.3, -0.25) is 13.9 Å². The Balaban J connectivity index is 1.70. The Kier molecular flexibility index (Phi) is 9.87. The number of nitrogens with zero attached hydrogens (tertiary/aromatic N) is 2. The molecule has 1 unspecified atom stereocenters. The zero-order valence-electron chi connectivity index (χ0n) is 22.9. The molecule has 0 aromatic heterocycles. The average Bonchev–Trinajstić information content (AvgIpc) is 3.45. The maximum atomic E-state index is 14.1. The van der Waals surface area contributed by atoms with Gasteiger partial charge < -0.3 is 10.2 Å². The first-order chi connectivity index (χ1) is 19.2. The summed E-state index contributed by atoms with van der Waals surface area (Å²) in [6.45, 7) is 3.54. The molecule has 1 atom stereocenters. The molecule has 1 aliphatic rings. The summed E-state index contributed by atoms with van der Waals surface area (Å²) in [5, 5.41) is 3.58. The Morgan fingerprint density at radius 1 is 0.975 bits per heavy atom. The zero-order valence-corrected chi connectivity index (χ0v) is 24.5. The lowest BCUT2D eigenvalue weighted by Crippen LogP contribution is -2.53. The molecule has 0 aliphatic heterocycles.